The van der Waals surface area contributed by atoms with E-state index in [9.17, 15) is 9.18 Å². The molecule has 2 rings (SSSR count). The first-order chi connectivity index (χ1) is 9.11. The summed E-state index contributed by atoms with van der Waals surface area (Å²) >= 11 is 1.30. The molecule has 2 aromatic rings. The summed E-state index contributed by atoms with van der Waals surface area (Å²) in [6.07, 6.45) is 0. The van der Waals surface area contributed by atoms with E-state index in [2.05, 4.69) is 0 Å². The smallest absolute Gasteiger partial charge is 0.339 e. The van der Waals surface area contributed by atoms with Gasteiger partial charge in [0.25, 0.3) is 0 Å². The summed E-state index contributed by atoms with van der Waals surface area (Å²) in [6, 6.07) is 11.0. The van der Waals surface area contributed by atoms with E-state index < -0.39 is 5.97 Å². The third kappa shape index (κ3) is 3.06. The first kappa shape index (κ1) is 13.4. The Labute approximate surface area is 114 Å². The van der Waals surface area contributed by atoms with Crippen molar-refractivity contribution in [2.24, 2.45) is 0 Å². The van der Waals surface area contributed by atoms with Crippen molar-refractivity contribution in [1.29, 1.82) is 0 Å². The number of halogens is 1. The standard InChI is InChI=1S/C14H12FNO2S/c1-18-14(17)11-3-2-4-12(16)13(11)19-10-7-5-9(15)6-8-10/h2-8H,16H2,1H3. The molecule has 0 spiro atoms. The first-order valence-electron chi connectivity index (χ1n) is 5.52. The molecule has 98 valence electrons. The molecule has 0 amide bonds. The number of benzene rings is 2. The van der Waals surface area contributed by atoms with Crippen LogP contribution in [0.25, 0.3) is 0 Å². The molecule has 0 saturated heterocycles. The number of hydrogen-bond donors (Lipinski definition) is 1. The average molecular weight is 277 g/mol. The van der Waals surface area contributed by atoms with Crippen LogP contribution in [-0.4, -0.2) is 13.1 Å². The van der Waals surface area contributed by atoms with Crippen molar-refractivity contribution in [1.82, 2.24) is 0 Å². The highest BCUT2D eigenvalue weighted by Gasteiger charge is 2.15. The number of rotatable bonds is 3. The number of nitrogen functional groups attached to an aromatic ring is 1. The summed E-state index contributed by atoms with van der Waals surface area (Å²) in [5.41, 5.74) is 6.77. The van der Waals surface area contributed by atoms with Crippen molar-refractivity contribution in [3.8, 4) is 0 Å². The monoisotopic (exact) mass is 277 g/mol. The number of methoxy groups -OCH3 is 1. The van der Waals surface area contributed by atoms with Crippen molar-refractivity contribution in [3.63, 3.8) is 0 Å². The number of carbonyl (C=O) groups excluding carboxylic acids is 1. The van der Waals surface area contributed by atoms with Crippen molar-refractivity contribution >= 4 is 23.4 Å². The molecule has 0 aliphatic heterocycles. The van der Waals surface area contributed by atoms with Crippen LogP contribution in [-0.2, 0) is 4.74 Å². The fourth-order valence-electron chi connectivity index (χ4n) is 1.56. The van der Waals surface area contributed by atoms with Crippen LogP contribution in [0.5, 0.6) is 0 Å². The Morgan fingerprint density at radius 1 is 1.21 bits per heavy atom. The number of carbonyl (C=O) groups is 1. The van der Waals surface area contributed by atoms with Gasteiger partial charge < -0.3 is 10.5 Å². The SMILES string of the molecule is COC(=O)c1cccc(N)c1Sc1ccc(F)cc1. The van der Waals surface area contributed by atoms with Gasteiger partial charge in [-0.05, 0) is 36.4 Å². The molecule has 0 fully saturated rings. The van der Waals surface area contributed by atoms with Crippen LogP contribution in [0.1, 0.15) is 10.4 Å². The van der Waals surface area contributed by atoms with Crippen LogP contribution in [0, 0.1) is 5.82 Å². The Kier molecular flexibility index (Phi) is 4.06. The van der Waals surface area contributed by atoms with Crippen LogP contribution in [0.3, 0.4) is 0 Å². The highest BCUT2D eigenvalue weighted by Crippen LogP contribution is 2.35. The fraction of sp³-hybridized carbons (Fsp3) is 0.0714. The Hall–Kier alpha value is -2.01. The molecule has 0 radical (unpaired) electrons. The average Bonchev–Trinajstić information content (AvgIpc) is 2.42. The van der Waals surface area contributed by atoms with E-state index in [1.807, 2.05) is 0 Å². The second kappa shape index (κ2) is 5.75. The molecule has 2 N–H and O–H groups in total. The topological polar surface area (TPSA) is 52.3 Å². The van der Waals surface area contributed by atoms with Gasteiger partial charge in [-0.3, -0.25) is 0 Å². The van der Waals surface area contributed by atoms with E-state index in [0.29, 0.717) is 16.1 Å². The molecule has 2 aromatic carbocycles. The summed E-state index contributed by atoms with van der Waals surface area (Å²) in [6.45, 7) is 0. The van der Waals surface area contributed by atoms with E-state index in [4.69, 9.17) is 10.5 Å². The van der Waals surface area contributed by atoms with Gasteiger partial charge in [-0.25, -0.2) is 9.18 Å². The van der Waals surface area contributed by atoms with Gasteiger partial charge in [0.2, 0.25) is 0 Å². The normalized spacial score (nSPS) is 10.2. The first-order valence-corrected chi connectivity index (χ1v) is 6.33. The van der Waals surface area contributed by atoms with Gasteiger partial charge in [0.05, 0.1) is 12.7 Å². The maximum atomic E-state index is 12.9. The zero-order valence-electron chi connectivity index (χ0n) is 10.2. The number of nitrogens with two attached hydrogens (primary N) is 1. The van der Waals surface area contributed by atoms with Gasteiger partial charge in [-0.15, -0.1) is 0 Å². The van der Waals surface area contributed by atoms with Crippen molar-refractivity contribution < 1.29 is 13.9 Å². The molecule has 0 saturated carbocycles. The molecule has 5 heteroatoms. The molecule has 0 atom stereocenters. The van der Waals surface area contributed by atoms with Gasteiger partial charge in [0, 0.05) is 15.5 Å². The molecule has 0 aromatic heterocycles. The molecule has 0 unspecified atom stereocenters. The van der Waals surface area contributed by atoms with Crippen molar-refractivity contribution in [2.75, 3.05) is 12.8 Å². The Balaban J connectivity index is 2.38. The predicted octanol–water partition coefficient (Wildman–Crippen LogP) is 3.35. The van der Waals surface area contributed by atoms with Crippen LogP contribution in [0.4, 0.5) is 10.1 Å². The molecule has 0 aliphatic rings. The molecule has 0 heterocycles. The number of anilines is 1. The van der Waals surface area contributed by atoms with E-state index in [-0.39, 0.29) is 5.82 Å². The highest BCUT2D eigenvalue weighted by molar-refractivity contribution is 7.99. The quantitative estimate of drug-likeness (QED) is 0.690. The number of esters is 1. The minimum atomic E-state index is -0.447. The summed E-state index contributed by atoms with van der Waals surface area (Å²) in [7, 11) is 1.32. The van der Waals surface area contributed by atoms with E-state index >= 15 is 0 Å². The zero-order chi connectivity index (χ0) is 13.8. The lowest BCUT2D eigenvalue weighted by Gasteiger charge is -2.10. The second-order valence-electron chi connectivity index (χ2n) is 3.77. The van der Waals surface area contributed by atoms with Gasteiger partial charge in [-0.2, -0.15) is 0 Å². The van der Waals surface area contributed by atoms with Crippen LogP contribution >= 0.6 is 11.8 Å². The largest absolute Gasteiger partial charge is 0.465 e. The lowest BCUT2D eigenvalue weighted by molar-refractivity contribution is 0.0597. The Morgan fingerprint density at radius 2 is 1.89 bits per heavy atom. The highest BCUT2D eigenvalue weighted by atomic mass is 32.2. The third-order valence-electron chi connectivity index (χ3n) is 2.48. The minimum Gasteiger partial charge on any atom is -0.465 e. The maximum Gasteiger partial charge on any atom is 0.339 e. The third-order valence-corrected chi connectivity index (χ3v) is 3.65. The molecule has 19 heavy (non-hydrogen) atoms. The molecule has 3 nitrogen and oxygen atoms in total. The van der Waals surface area contributed by atoms with Crippen LogP contribution in [0.15, 0.2) is 52.3 Å². The van der Waals surface area contributed by atoms with Crippen molar-refractivity contribution in [2.45, 2.75) is 9.79 Å². The molecular weight excluding hydrogens is 265 g/mol. The minimum absolute atomic E-state index is 0.307. The lowest BCUT2D eigenvalue weighted by atomic mass is 10.2. The predicted molar refractivity (Wildman–Crippen MR) is 72.7 cm³/mol. The van der Waals surface area contributed by atoms with E-state index in [1.165, 1.54) is 31.0 Å². The Morgan fingerprint density at radius 3 is 2.53 bits per heavy atom. The van der Waals surface area contributed by atoms with Crippen molar-refractivity contribution in [3.05, 3.63) is 53.8 Å². The summed E-state index contributed by atoms with van der Waals surface area (Å²) in [4.78, 5) is 13.1. The number of ether oxygens (including phenoxy) is 1. The summed E-state index contributed by atoms with van der Waals surface area (Å²) in [5.74, 6) is -0.754. The van der Waals surface area contributed by atoms with Gasteiger partial charge in [0.1, 0.15) is 5.82 Å². The van der Waals surface area contributed by atoms with Gasteiger partial charge in [0.15, 0.2) is 0 Å². The maximum absolute atomic E-state index is 12.9. The summed E-state index contributed by atoms with van der Waals surface area (Å²) in [5, 5.41) is 0. The number of hydrogen-bond acceptors (Lipinski definition) is 4. The fourth-order valence-corrected chi connectivity index (χ4v) is 2.52. The second-order valence-corrected chi connectivity index (χ2v) is 4.86. The molecule has 0 bridgehead atoms. The van der Waals surface area contributed by atoms with Crippen LogP contribution in [0.2, 0.25) is 0 Å². The zero-order valence-corrected chi connectivity index (χ0v) is 11.0. The summed E-state index contributed by atoms with van der Waals surface area (Å²) < 4.78 is 17.6. The van der Waals surface area contributed by atoms with Crippen LogP contribution < -0.4 is 5.73 Å². The van der Waals surface area contributed by atoms with E-state index in [1.54, 1.807) is 30.3 Å². The lowest BCUT2D eigenvalue weighted by Crippen LogP contribution is -2.04. The Bertz CT molecular complexity index is 599. The van der Waals surface area contributed by atoms with E-state index in [0.717, 1.165) is 4.90 Å². The molecule has 0 aliphatic carbocycles. The van der Waals surface area contributed by atoms with Gasteiger partial charge in [-0.1, -0.05) is 17.8 Å². The van der Waals surface area contributed by atoms with Gasteiger partial charge >= 0.3 is 5.97 Å². The molecular formula is C14H12FNO2S.